The van der Waals surface area contributed by atoms with E-state index in [9.17, 15) is 0 Å². The zero-order valence-electron chi connectivity index (χ0n) is 4.63. The van der Waals surface area contributed by atoms with E-state index in [1.54, 1.807) is 0 Å². The molecule has 0 N–H and O–H groups in total. The smallest absolute Gasteiger partial charge is 0.102 e. The predicted octanol–water partition coefficient (Wildman–Crippen LogP) is 1.85. The molecule has 0 spiro atoms. The van der Waals surface area contributed by atoms with Crippen molar-refractivity contribution < 1.29 is 4.74 Å². The number of alkyl halides is 2. The van der Waals surface area contributed by atoms with Gasteiger partial charge in [0.05, 0.1) is 9.65 Å². The van der Waals surface area contributed by atoms with Crippen LogP contribution in [0, 0.1) is 0 Å². The van der Waals surface area contributed by atoms with Crippen molar-refractivity contribution in [1.82, 2.24) is 0 Å². The summed E-state index contributed by atoms with van der Waals surface area (Å²) in [5.74, 6) is 0. The van der Waals surface area contributed by atoms with Crippen molar-refractivity contribution in [3.8, 4) is 0 Å². The average Bonchev–Trinajstić information content (AvgIpc) is 2.57. The average molecular weight is 254 g/mol. The molecule has 1 aliphatic carbocycles. The van der Waals surface area contributed by atoms with Crippen LogP contribution in [0.2, 0.25) is 0 Å². The van der Waals surface area contributed by atoms with E-state index in [1.807, 2.05) is 0 Å². The van der Waals surface area contributed by atoms with Gasteiger partial charge in [-0.25, -0.2) is 0 Å². The molecule has 0 bridgehead atoms. The van der Waals surface area contributed by atoms with Gasteiger partial charge in [0.25, 0.3) is 0 Å². The fourth-order valence-electron chi connectivity index (χ4n) is 1.08. The van der Waals surface area contributed by atoms with E-state index >= 15 is 0 Å². The van der Waals surface area contributed by atoms with Gasteiger partial charge in [0, 0.05) is 0 Å². The highest BCUT2D eigenvalue weighted by molar-refractivity contribution is 9.10. The summed E-state index contributed by atoms with van der Waals surface area (Å²) in [5, 5.41) is 0. The second-order valence-corrected chi connectivity index (χ2v) is 4.45. The van der Waals surface area contributed by atoms with Crippen molar-refractivity contribution in [2.45, 2.75) is 21.9 Å². The Kier molecular flexibility index (Phi) is 1.47. The number of ether oxygens (including phenoxy) is 1. The van der Waals surface area contributed by atoms with Crippen molar-refractivity contribution in [2.75, 3.05) is 0 Å². The number of hydrogen-bond donors (Lipinski definition) is 0. The number of epoxide rings is 1. The lowest BCUT2D eigenvalue weighted by Crippen LogP contribution is -2.18. The lowest BCUT2D eigenvalue weighted by Gasteiger charge is -2.07. The first-order valence-electron chi connectivity index (χ1n) is 2.91. The maximum absolute atomic E-state index is 5.35. The summed E-state index contributed by atoms with van der Waals surface area (Å²) in [4.78, 5) is 0.882. The van der Waals surface area contributed by atoms with E-state index in [2.05, 4.69) is 44.0 Å². The third-order valence-corrected chi connectivity index (χ3v) is 3.32. The predicted molar refractivity (Wildman–Crippen MR) is 43.2 cm³/mol. The minimum atomic E-state index is 0.430. The molecule has 1 saturated heterocycles. The molecular weight excluding hydrogens is 248 g/mol. The number of halogens is 2. The molecule has 3 heteroatoms. The highest BCUT2D eigenvalue weighted by atomic mass is 79.9. The topological polar surface area (TPSA) is 12.5 Å². The Morgan fingerprint density at radius 2 is 1.44 bits per heavy atom. The van der Waals surface area contributed by atoms with Crippen molar-refractivity contribution in [3.63, 3.8) is 0 Å². The molecule has 1 nitrogen and oxygen atoms in total. The van der Waals surface area contributed by atoms with E-state index < -0.39 is 0 Å². The maximum atomic E-state index is 5.35. The molecule has 4 atom stereocenters. The van der Waals surface area contributed by atoms with Crippen molar-refractivity contribution in [2.24, 2.45) is 0 Å². The molecule has 0 aromatic heterocycles. The Hall–Kier alpha value is 0.660. The highest BCUT2D eigenvalue weighted by Crippen LogP contribution is 2.39. The first-order chi connectivity index (χ1) is 4.29. The van der Waals surface area contributed by atoms with Gasteiger partial charge in [0.2, 0.25) is 0 Å². The second-order valence-electron chi connectivity index (χ2n) is 2.34. The van der Waals surface area contributed by atoms with E-state index in [4.69, 9.17) is 4.74 Å². The van der Waals surface area contributed by atoms with Crippen LogP contribution in [0.3, 0.4) is 0 Å². The number of fused-ring (bicyclic) bond motifs is 1. The fraction of sp³-hybridized carbons (Fsp3) is 0.667. The lowest BCUT2D eigenvalue weighted by molar-refractivity contribution is 0.382. The quantitative estimate of drug-likeness (QED) is 0.365. The van der Waals surface area contributed by atoms with Gasteiger partial charge in [-0.3, -0.25) is 0 Å². The molecule has 0 saturated carbocycles. The molecule has 0 unspecified atom stereocenters. The molecule has 0 aromatic rings. The number of rotatable bonds is 0. The molecule has 2 rings (SSSR count). The van der Waals surface area contributed by atoms with Crippen LogP contribution in [0.15, 0.2) is 12.2 Å². The summed E-state index contributed by atoms with van der Waals surface area (Å²) in [7, 11) is 0. The standard InChI is InChI=1S/C6H6Br2O/c7-3-1-2-4(8)6-5(3)9-6/h1-6H/t3-,4-,5-,6+/m1/s1. The normalized spacial score (nSPS) is 54.9. The van der Waals surface area contributed by atoms with Crippen molar-refractivity contribution in [1.29, 1.82) is 0 Å². The summed E-state index contributed by atoms with van der Waals surface area (Å²) >= 11 is 6.98. The Bertz CT molecular complexity index is 141. The van der Waals surface area contributed by atoms with Gasteiger partial charge in [-0.2, -0.15) is 0 Å². The van der Waals surface area contributed by atoms with Crippen LogP contribution in [0.1, 0.15) is 0 Å². The fourth-order valence-corrected chi connectivity index (χ4v) is 2.28. The van der Waals surface area contributed by atoms with Crippen LogP contribution in [0.25, 0.3) is 0 Å². The van der Waals surface area contributed by atoms with Gasteiger partial charge in [0.1, 0.15) is 12.2 Å². The molecule has 9 heavy (non-hydrogen) atoms. The van der Waals surface area contributed by atoms with Crippen LogP contribution < -0.4 is 0 Å². The molecule has 1 heterocycles. The first-order valence-corrected chi connectivity index (χ1v) is 4.74. The number of hydrogen-bond acceptors (Lipinski definition) is 1. The van der Waals surface area contributed by atoms with E-state index in [0.717, 1.165) is 0 Å². The monoisotopic (exact) mass is 252 g/mol. The van der Waals surface area contributed by atoms with Crippen LogP contribution in [-0.2, 0) is 4.74 Å². The summed E-state index contributed by atoms with van der Waals surface area (Å²) in [5.41, 5.74) is 0. The van der Waals surface area contributed by atoms with Gasteiger partial charge in [-0.05, 0) is 0 Å². The Morgan fingerprint density at radius 3 is 1.89 bits per heavy atom. The summed E-state index contributed by atoms with van der Waals surface area (Å²) in [6.45, 7) is 0. The van der Waals surface area contributed by atoms with E-state index in [-0.39, 0.29) is 0 Å². The van der Waals surface area contributed by atoms with E-state index in [0.29, 0.717) is 21.9 Å². The second kappa shape index (κ2) is 2.07. The van der Waals surface area contributed by atoms with Crippen molar-refractivity contribution in [3.05, 3.63) is 12.2 Å². The van der Waals surface area contributed by atoms with Gasteiger partial charge < -0.3 is 4.74 Å². The molecule has 1 aliphatic heterocycles. The van der Waals surface area contributed by atoms with Gasteiger partial charge in [0.15, 0.2) is 0 Å². The summed E-state index contributed by atoms with van der Waals surface area (Å²) < 4.78 is 5.35. The zero-order valence-corrected chi connectivity index (χ0v) is 7.80. The molecule has 2 aliphatic rings. The molecule has 0 aromatic carbocycles. The zero-order chi connectivity index (χ0) is 6.43. The summed E-state index contributed by atoms with van der Waals surface area (Å²) in [6.07, 6.45) is 5.12. The first kappa shape index (κ1) is 6.38. The molecule has 0 amide bonds. The molecule has 50 valence electrons. The largest absolute Gasteiger partial charge is 0.366 e. The Labute approximate surface area is 70.7 Å². The third-order valence-electron chi connectivity index (χ3n) is 1.67. The SMILES string of the molecule is Br[C@@H]1C=C[C@@H](Br)[C@H]2O[C@H]21. The Morgan fingerprint density at radius 1 is 1.00 bits per heavy atom. The van der Waals surface area contributed by atoms with Gasteiger partial charge >= 0.3 is 0 Å². The third kappa shape index (κ3) is 0.994. The van der Waals surface area contributed by atoms with Crippen molar-refractivity contribution >= 4 is 31.9 Å². The minimum Gasteiger partial charge on any atom is -0.366 e. The molecule has 1 fully saturated rings. The van der Waals surface area contributed by atoms with E-state index in [1.165, 1.54) is 0 Å². The maximum Gasteiger partial charge on any atom is 0.102 e. The van der Waals surface area contributed by atoms with Gasteiger partial charge in [-0.15, -0.1) is 0 Å². The molecular formula is C6H6Br2O. The van der Waals surface area contributed by atoms with Crippen LogP contribution >= 0.6 is 31.9 Å². The molecule has 0 radical (unpaired) electrons. The minimum absolute atomic E-state index is 0.430. The van der Waals surface area contributed by atoms with Gasteiger partial charge in [-0.1, -0.05) is 44.0 Å². The van der Waals surface area contributed by atoms with Crippen LogP contribution in [0.5, 0.6) is 0 Å². The Balaban J connectivity index is 2.15. The summed E-state index contributed by atoms with van der Waals surface area (Å²) in [6, 6.07) is 0. The lowest BCUT2D eigenvalue weighted by atomic mass is 10.1. The van der Waals surface area contributed by atoms with Crippen LogP contribution in [0.4, 0.5) is 0 Å². The van der Waals surface area contributed by atoms with Crippen LogP contribution in [-0.4, -0.2) is 21.9 Å². The highest BCUT2D eigenvalue weighted by Gasteiger charge is 2.48.